The van der Waals surface area contributed by atoms with E-state index >= 15 is 0 Å². The first-order valence-corrected chi connectivity index (χ1v) is 11.5. The lowest BCUT2D eigenvalue weighted by molar-refractivity contribution is -0.111. The minimum Gasteiger partial charge on any atom is -0.505 e. The summed E-state index contributed by atoms with van der Waals surface area (Å²) < 4.78 is 14.2. The number of nitrogens with one attached hydrogen (secondary N) is 1. The number of carboxylic acids is 1. The molecule has 8 heteroatoms. The molecule has 0 fully saturated rings. The standard InChI is InChI=1S/C29H22FN3O4/c1-16-9-11-21(13-17(16)2)33-25-12-10-20(30)15-23(25)26(28(33)35)32-31-24-8-4-7-22(27(24)34)18-5-3-6-19(14-18)29(36)37/h3-15,31,34H,1-2H3,(H,36,37)/b32-26-. The number of amides is 1. The van der Waals surface area contributed by atoms with Crippen molar-refractivity contribution in [3.05, 3.63) is 107 Å². The maximum atomic E-state index is 14.2. The molecule has 0 unspecified atom stereocenters. The molecule has 0 saturated heterocycles. The second-order valence-corrected chi connectivity index (χ2v) is 8.73. The largest absolute Gasteiger partial charge is 0.505 e. The second kappa shape index (κ2) is 9.23. The molecule has 0 aliphatic carbocycles. The van der Waals surface area contributed by atoms with Gasteiger partial charge in [0.25, 0.3) is 5.91 Å². The van der Waals surface area contributed by atoms with Gasteiger partial charge >= 0.3 is 5.97 Å². The van der Waals surface area contributed by atoms with Crippen LogP contribution in [0.15, 0.2) is 84.0 Å². The summed E-state index contributed by atoms with van der Waals surface area (Å²) >= 11 is 0. The van der Waals surface area contributed by atoms with Crippen LogP contribution in [0.2, 0.25) is 0 Å². The third-order valence-electron chi connectivity index (χ3n) is 6.35. The number of benzene rings is 4. The lowest BCUT2D eigenvalue weighted by Crippen LogP contribution is -2.26. The fourth-order valence-electron chi connectivity index (χ4n) is 4.26. The van der Waals surface area contributed by atoms with Crippen LogP contribution in [0.25, 0.3) is 11.1 Å². The zero-order valence-corrected chi connectivity index (χ0v) is 20.0. The number of aryl methyl sites for hydroxylation is 2. The second-order valence-electron chi connectivity index (χ2n) is 8.73. The van der Waals surface area contributed by atoms with Crippen molar-refractivity contribution in [3.8, 4) is 16.9 Å². The van der Waals surface area contributed by atoms with Gasteiger partial charge < -0.3 is 10.2 Å². The first-order chi connectivity index (χ1) is 17.7. The molecule has 4 aromatic rings. The molecular formula is C29H22FN3O4. The van der Waals surface area contributed by atoms with Crippen molar-refractivity contribution in [2.75, 3.05) is 10.3 Å². The van der Waals surface area contributed by atoms with Crippen molar-refractivity contribution in [3.63, 3.8) is 0 Å². The number of fused-ring (bicyclic) bond motifs is 1. The molecule has 4 aromatic carbocycles. The summed E-state index contributed by atoms with van der Waals surface area (Å²) in [7, 11) is 0. The number of aromatic carboxylic acids is 1. The Morgan fingerprint density at radius 1 is 0.919 bits per heavy atom. The molecule has 0 atom stereocenters. The number of anilines is 3. The molecule has 0 saturated carbocycles. The number of nitrogens with zero attached hydrogens (tertiary/aromatic N) is 2. The predicted octanol–water partition coefficient (Wildman–Crippen LogP) is 6.01. The average Bonchev–Trinajstić information content (AvgIpc) is 3.15. The molecule has 37 heavy (non-hydrogen) atoms. The van der Waals surface area contributed by atoms with Crippen molar-refractivity contribution < 1.29 is 24.2 Å². The highest BCUT2D eigenvalue weighted by atomic mass is 19.1. The molecule has 7 nitrogen and oxygen atoms in total. The van der Waals surface area contributed by atoms with E-state index in [-0.39, 0.29) is 22.7 Å². The quantitative estimate of drug-likeness (QED) is 0.233. The van der Waals surface area contributed by atoms with E-state index < -0.39 is 17.7 Å². The molecular weight excluding hydrogens is 473 g/mol. The highest BCUT2D eigenvalue weighted by Crippen LogP contribution is 2.38. The number of aromatic hydroxyl groups is 1. The van der Waals surface area contributed by atoms with Crippen LogP contribution in [0.1, 0.15) is 27.0 Å². The number of carboxylic acid groups (broad SMARTS) is 1. The van der Waals surface area contributed by atoms with Crippen LogP contribution in [0.5, 0.6) is 5.75 Å². The van der Waals surface area contributed by atoms with E-state index in [9.17, 15) is 24.2 Å². The number of hydrogen-bond donors (Lipinski definition) is 3. The SMILES string of the molecule is Cc1ccc(N2C(=O)/C(=N\Nc3cccc(-c4cccc(C(=O)O)c4)c3O)c3cc(F)ccc32)cc1C. The minimum absolute atomic E-state index is 0.00888. The van der Waals surface area contributed by atoms with E-state index in [1.54, 1.807) is 30.3 Å². The number of hydrogen-bond acceptors (Lipinski definition) is 5. The van der Waals surface area contributed by atoms with Crippen LogP contribution in [0.4, 0.5) is 21.5 Å². The summed E-state index contributed by atoms with van der Waals surface area (Å²) in [6, 6.07) is 20.7. The molecule has 5 rings (SSSR count). The van der Waals surface area contributed by atoms with Gasteiger partial charge in [-0.25, -0.2) is 9.18 Å². The molecule has 0 aromatic heterocycles. The Morgan fingerprint density at radius 3 is 2.46 bits per heavy atom. The molecule has 0 spiro atoms. The Balaban J connectivity index is 1.53. The molecule has 1 aliphatic heterocycles. The summed E-state index contributed by atoms with van der Waals surface area (Å²) in [4.78, 5) is 26.3. The maximum Gasteiger partial charge on any atom is 0.335 e. The Kier molecular flexibility index (Phi) is 5.93. The van der Waals surface area contributed by atoms with E-state index in [1.807, 2.05) is 32.0 Å². The third-order valence-corrected chi connectivity index (χ3v) is 6.35. The number of hydrazone groups is 1. The molecule has 3 N–H and O–H groups in total. The van der Waals surface area contributed by atoms with Crippen molar-refractivity contribution in [2.24, 2.45) is 5.10 Å². The van der Waals surface area contributed by atoms with Crippen LogP contribution in [0.3, 0.4) is 0 Å². The van der Waals surface area contributed by atoms with Crippen LogP contribution in [0, 0.1) is 19.7 Å². The van der Waals surface area contributed by atoms with E-state index in [0.717, 1.165) is 11.1 Å². The van der Waals surface area contributed by atoms with Crippen molar-refractivity contribution in [2.45, 2.75) is 13.8 Å². The van der Waals surface area contributed by atoms with Crippen LogP contribution in [-0.4, -0.2) is 27.8 Å². The van der Waals surface area contributed by atoms with Crippen molar-refractivity contribution >= 4 is 34.7 Å². The van der Waals surface area contributed by atoms with Gasteiger partial charge in [0, 0.05) is 16.8 Å². The topological polar surface area (TPSA) is 102 Å². The molecule has 1 amide bonds. The van der Waals surface area contributed by atoms with Gasteiger partial charge in [0.1, 0.15) is 11.6 Å². The smallest absolute Gasteiger partial charge is 0.335 e. The Labute approximate surface area is 212 Å². The number of carbonyl (C=O) groups excluding carboxylic acids is 1. The van der Waals surface area contributed by atoms with Gasteiger partial charge in [-0.15, -0.1) is 0 Å². The molecule has 0 bridgehead atoms. The lowest BCUT2D eigenvalue weighted by atomic mass is 10.0. The van der Waals surface area contributed by atoms with Gasteiger partial charge in [0.05, 0.1) is 16.9 Å². The van der Waals surface area contributed by atoms with Gasteiger partial charge in [-0.2, -0.15) is 5.10 Å². The lowest BCUT2D eigenvalue weighted by Gasteiger charge is -2.18. The van der Waals surface area contributed by atoms with Gasteiger partial charge in [0.2, 0.25) is 0 Å². The van der Waals surface area contributed by atoms with Gasteiger partial charge in [0.15, 0.2) is 5.71 Å². The summed E-state index contributed by atoms with van der Waals surface area (Å²) in [5, 5.41) is 24.5. The summed E-state index contributed by atoms with van der Waals surface area (Å²) in [5.41, 5.74) is 7.42. The first kappa shape index (κ1) is 23.7. The van der Waals surface area contributed by atoms with E-state index in [2.05, 4.69) is 10.5 Å². The van der Waals surface area contributed by atoms with Crippen LogP contribution < -0.4 is 10.3 Å². The molecule has 0 radical (unpaired) electrons. The van der Waals surface area contributed by atoms with Gasteiger partial charge in [-0.1, -0.05) is 30.3 Å². The summed E-state index contributed by atoms with van der Waals surface area (Å²) in [5.74, 6) is -2.21. The Hall–Kier alpha value is -4.98. The van der Waals surface area contributed by atoms with Crippen LogP contribution in [-0.2, 0) is 4.79 Å². The highest BCUT2D eigenvalue weighted by Gasteiger charge is 2.36. The Bertz CT molecular complexity index is 1610. The number of phenols is 1. The summed E-state index contributed by atoms with van der Waals surface area (Å²) in [6.45, 7) is 3.92. The van der Waals surface area contributed by atoms with Gasteiger partial charge in [-0.05, 0) is 79.1 Å². The molecule has 1 aliphatic rings. The monoisotopic (exact) mass is 495 g/mol. The van der Waals surface area contributed by atoms with E-state index in [4.69, 9.17) is 0 Å². The van der Waals surface area contributed by atoms with Gasteiger partial charge in [-0.3, -0.25) is 15.1 Å². The number of para-hydroxylation sites is 1. The minimum atomic E-state index is -1.08. The highest BCUT2D eigenvalue weighted by molar-refractivity contribution is 6.55. The molecule has 184 valence electrons. The predicted molar refractivity (Wildman–Crippen MR) is 140 cm³/mol. The third kappa shape index (κ3) is 4.29. The fraction of sp³-hybridized carbons (Fsp3) is 0.0690. The van der Waals surface area contributed by atoms with Crippen molar-refractivity contribution in [1.29, 1.82) is 0 Å². The zero-order chi connectivity index (χ0) is 26.3. The average molecular weight is 496 g/mol. The normalized spacial score (nSPS) is 13.6. The fourth-order valence-corrected chi connectivity index (χ4v) is 4.26. The maximum absolute atomic E-state index is 14.2. The first-order valence-electron chi connectivity index (χ1n) is 11.5. The van der Waals surface area contributed by atoms with Crippen molar-refractivity contribution in [1.82, 2.24) is 0 Å². The van der Waals surface area contributed by atoms with E-state index in [1.165, 1.54) is 35.2 Å². The number of phenolic OH excluding ortho intramolecular Hbond substituents is 1. The number of rotatable bonds is 5. The Morgan fingerprint density at radius 2 is 1.70 bits per heavy atom. The zero-order valence-electron chi connectivity index (χ0n) is 20.0. The van der Waals surface area contributed by atoms with E-state index in [0.29, 0.717) is 28.1 Å². The summed E-state index contributed by atoms with van der Waals surface area (Å²) in [6.07, 6.45) is 0. The molecule has 1 heterocycles. The van der Waals surface area contributed by atoms with Crippen LogP contribution >= 0.6 is 0 Å². The number of halogens is 1. The number of carbonyl (C=O) groups is 2.